The Kier molecular flexibility index (Phi) is 5.28. The first kappa shape index (κ1) is 17.9. The predicted octanol–water partition coefficient (Wildman–Crippen LogP) is 3.46. The van der Waals surface area contributed by atoms with Crippen molar-refractivity contribution in [3.8, 4) is 5.75 Å². The lowest BCUT2D eigenvalue weighted by molar-refractivity contribution is -0.385. The van der Waals surface area contributed by atoms with Gasteiger partial charge in [-0.05, 0) is 32.0 Å². The van der Waals surface area contributed by atoms with E-state index in [2.05, 4.69) is 5.32 Å². The van der Waals surface area contributed by atoms with Gasteiger partial charge in [-0.3, -0.25) is 25.0 Å². The van der Waals surface area contributed by atoms with Crippen molar-refractivity contribution in [2.75, 3.05) is 11.9 Å². The average molecular weight is 345 g/mol. The van der Waals surface area contributed by atoms with E-state index in [4.69, 9.17) is 4.74 Å². The molecule has 0 fully saturated rings. The number of benzene rings is 2. The van der Waals surface area contributed by atoms with E-state index in [1.54, 1.807) is 6.92 Å². The number of nitro benzene ring substituents is 2. The first-order chi connectivity index (χ1) is 11.8. The van der Waals surface area contributed by atoms with Gasteiger partial charge in [-0.1, -0.05) is 6.07 Å². The molecule has 0 bridgehead atoms. The molecule has 0 unspecified atom stereocenters. The van der Waals surface area contributed by atoms with Gasteiger partial charge in [0.15, 0.2) is 0 Å². The molecule has 0 radical (unpaired) electrons. The number of nitrogens with one attached hydrogen (secondary N) is 1. The summed E-state index contributed by atoms with van der Waals surface area (Å²) in [4.78, 5) is 33.4. The molecular formula is C16H15N3O6. The zero-order chi connectivity index (χ0) is 18.6. The maximum atomic E-state index is 12.4. The van der Waals surface area contributed by atoms with Crippen LogP contribution in [0, 0.1) is 27.2 Å². The quantitative estimate of drug-likeness (QED) is 0.631. The molecular weight excluding hydrogens is 330 g/mol. The van der Waals surface area contributed by atoms with Crippen LogP contribution in [0.3, 0.4) is 0 Å². The smallest absolute Gasteiger partial charge is 0.296 e. The van der Waals surface area contributed by atoms with Gasteiger partial charge in [0.1, 0.15) is 11.4 Å². The Labute approximate surface area is 142 Å². The van der Waals surface area contributed by atoms with Crippen molar-refractivity contribution >= 4 is 23.0 Å². The van der Waals surface area contributed by atoms with Gasteiger partial charge in [0, 0.05) is 17.2 Å². The van der Waals surface area contributed by atoms with Gasteiger partial charge in [0.25, 0.3) is 17.3 Å². The van der Waals surface area contributed by atoms with E-state index in [0.717, 1.165) is 0 Å². The van der Waals surface area contributed by atoms with Crippen molar-refractivity contribution in [2.45, 2.75) is 13.8 Å². The number of carbonyl (C=O) groups excluding carboxylic acids is 1. The summed E-state index contributed by atoms with van der Waals surface area (Å²) >= 11 is 0. The van der Waals surface area contributed by atoms with Crippen LogP contribution in [0.1, 0.15) is 22.8 Å². The normalized spacial score (nSPS) is 10.2. The van der Waals surface area contributed by atoms with Crippen molar-refractivity contribution < 1.29 is 19.4 Å². The average Bonchev–Trinajstić information content (AvgIpc) is 2.56. The molecule has 1 N–H and O–H groups in total. The van der Waals surface area contributed by atoms with Gasteiger partial charge < -0.3 is 10.1 Å². The second-order valence-electron chi connectivity index (χ2n) is 5.03. The third kappa shape index (κ3) is 3.89. The van der Waals surface area contributed by atoms with Crippen molar-refractivity contribution in [3.63, 3.8) is 0 Å². The number of hydrogen-bond donors (Lipinski definition) is 1. The summed E-state index contributed by atoms with van der Waals surface area (Å²) in [6, 6.07) is 8.13. The molecule has 0 heterocycles. The molecule has 2 aromatic carbocycles. The Morgan fingerprint density at radius 1 is 1.12 bits per heavy atom. The Hall–Kier alpha value is -3.49. The van der Waals surface area contributed by atoms with Crippen LogP contribution in [0.25, 0.3) is 0 Å². The molecule has 130 valence electrons. The van der Waals surface area contributed by atoms with E-state index in [-0.39, 0.29) is 28.2 Å². The van der Waals surface area contributed by atoms with Crippen molar-refractivity contribution in [2.24, 2.45) is 0 Å². The van der Waals surface area contributed by atoms with Crippen molar-refractivity contribution in [3.05, 3.63) is 67.8 Å². The van der Waals surface area contributed by atoms with Crippen LogP contribution in [0.5, 0.6) is 5.75 Å². The summed E-state index contributed by atoms with van der Waals surface area (Å²) in [6.45, 7) is 3.53. The predicted molar refractivity (Wildman–Crippen MR) is 90.1 cm³/mol. The highest BCUT2D eigenvalue weighted by Gasteiger charge is 2.21. The minimum absolute atomic E-state index is 0.0237. The summed E-state index contributed by atoms with van der Waals surface area (Å²) in [5.41, 5.74) is -0.309. The number of ether oxygens (including phenoxy) is 1. The van der Waals surface area contributed by atoms with Crippen molar-refractivity contribution in [1.82, 2.24) is 0 Å². The first-order valence-electron chi connectivity index (χ1n) is 7.31. The Bertz CT molecular complexity index is 850. The molecule has 0 atom stereocenters. The Morgan fingerprint density at radius 3 is 2.40 bits per heavy atom. The first-order valence-corrected chi connectivity index (χ1v) is 7.31. The molecule has 0 spiro atoms. The summed E-state index contributed by atoms with van der Waals surface area (Å²) < 4.78 is 5.21. The van der Waals surface area contributed by atoms with E-state index in [0.29, 0.717) is 12.4 Å². The monoisotopic (exact) mass is 345 g/mol. The number of anilines is 1. The van der Waals surface area contributed by atoms with Crippen LogP contribution in [0.4, 0.5) is 17.1 Å². The van der Waals surface area contributed by atoms with Crippen LogP contribution in [-0.4, -0.2) is 22.4 Å². The Balaban J connectivity index is 2.37. The molecule has 25 heavy (non-hydrogen) atoms. The second-order valence-corrected chi connectivity index (χ2v) is 5.03. The third-order valence-electron chi connectivity index (χ3n) is 3.47. The minimum Gasteiger partial charge on any atom is -0.494 e. The molecule has 0 aromatic heterocycles. The van der Waals surface area contributed by atoms with E-state index in [1.807, 2.05) is 0 Å². The number of rotatable bonds is 6. The van der Waals surface area contributed by atoms with Gasteiger partial charge in [0.2, 0.25) is 0 Å². The lowest BCUT2D eigenvalue weighted by Gasteiger charge is -2.10. The van der Waals surface area contributed by atoms with E-state index in [1.165, 1.54) is 43.3 Å². The number of hydrogen-bond acceptors (Lipinski definition) is 6. The van der Waals surface area contributed by atoms with Gasteiger partial charge >= 0.3 is 0 Å². The topological polar surface area (TPSA) is 125 Å². The van der Waals surface area contributed by atoms with Crippen LogP contribution in [0.2, 0.25) is 0 Å². The highest BCUT2D eigenvalue weighted by atomic mass is 16.6. The fourth-order valence-electron chi connectivity index (χ4n) is 2.28. The molecule has 1 amide bonds. The van der Waals surface area contributed by atoms with Crippen LogP contribution in [0.15, 0.2) is 36.4 Å². The lowest BCUT2D eigenvalue weighted by Crippen LogP contribution is -2.15. The number of nitro groups is 2. The van der Waals surface area contributed by atoms with E-state index < -0.39 is 15.8 Å². The summed E-state index contributed by atoms with van der Waals surface area (Å²) in [6.07, 6.45) is 0. The molecule has 0 aliphatic rings. The van der Waals surface area contributed by atoms with Gasteiger partial charge in [-0.15, -0.1) is 0 Å². The Morgan fingerprint density at radius 2 is 1.80 bits per heavy atom. The van der Waals surface area contributed by atoms with E-state index in [9.17, 15) is 25.0 Å². The molecule has 9 nitrogen and oxygen atoms in total. The molecule has 2 aromatic rings. The fourth-order valence-corrected chi connectivity index (χ4v) is 2.28. The van der Waals surface area contributed by atoms with Crippen LogP contribution >= 0.6 is 0 Å². The lowest BCUT2D eigenvalue weighted by atomic mass is 10.1. The van der Waals surface area contributed by atoms with Gasteiger partial charge in [-0.25, -0.2) is 0 Å². The fraction of sp³-hybridized carbons (Fsp3) is 0.188. The zero-order valence-corrected chi connectivity index (χ0v) is 13.5. The molecule has 2 rings (SSSR count). The second kappa shape index (κ2) is 7.39. The summed E-state index contributed by atoms with van der Waals surface area (Å²) in [5, 5.41) is 24.6. The number of carbonyl (C=O) groups is 1. The molecule has 0 saturated carbocycles. The maximum Gasteiger partial charge on any atom is 0.296 e. The third-order valence-corrected chi connectivity index (χ3v) is 3.47. The molecule has 0 aliphatic heterocycles. The van der Waals surface area contributed by atoms with Gasteiger partial charge in [-0.2, -0.15) is 0 Å². The van der Waals surface area contributed by atoms with E-state index >= 15 is 0 Å². The molecule has 9 heteroatoms. The van der Waals surface area contributed by atoms with Crippen LogP contribution in [-0.2, 0) is 0 Å². The highest BCUT2D eigenvalue weighted by Crippen LogP contribution is 2.30. The number of nitrogens with zero attached hydrogens (tertiary/aromatic N) is 2. The minimum atomic E-state index is -0.673. The summed E-state index contributed by atoms with van der Waals surface area (Å²) in [5.74, 6) is -0.368. The van der Waals surface area contributed by atoms with Gasteiger partial charge in [0.05, 0.1) is 22.5 Å². The largest absolute Gasteiger partial charge is 0.494 e. The standard InChI is InChI=1S/C16H15N3O6/c1-3-25-11-7-8-13(15(9-11)19(23)24)17-16(20)12-5-4-6-14(10(12)2)18(21)22/h4-9H,3H2,1-2H3,(H,17,20). The molecule has 0 aliphatic carbocycles. The summed E-state index contributed by atoms with van der Waals surface area (Å²) in [7, 11) is 0. The number of amides is 1. The molecule has 0 saturated heterocycles. The van der Waals surface area contributed by atoms with Crippen molar-refractivity contribution in [1.29, 1.82) is 0 Å². The zero-order valence-electron chi connectivity index (χ0n) is 13.5. The van der Waals surface area contributed by atoms with Crippen LogP contribution < -0.4 is 10.1 Å². The highest BCUT2D eigenvalue weighted by molar-refractivity contribution is 6.07. The maximum absolute atomic E-state index is 12.4. The SMILES string of the molecule is CCOc1ccc(NC(=O)c2cccc([N+](=O)[O-])c2C)c([N+](=O)[O-])c1.